The first kappa shape index (κ1) is 25.8. The van der Waals surface area contributed by atoms with Gasteiger partial charge in [-0.3, -0.25) is 9.79 Å². The van der Waals surface area contributed by atoms with Crippen LogP contribution in [0.5, 0.6) is 11.5 Å². The molecule has 0 spiro atoms. The van der Waals surface area contributed by atoms with Crippen molar-refractivity contribution in [3.8, 4) is 11.5 Å². The van der Waals surface area contributed by atoms with Crippen molar-refractivity contribution in [3.05, 3.63) is 66.4 Å². The van der Waals surface area contributed by atoms with Crippen LogP contribution in [0.3, 0.4) is 0 Å². The standard InChI is InChI=1S/C27H32N6O4/c1-32(2)12-13-33(27(35)30-20-10-11-24-25(16-20)37-15-14-36-24)18-19-6-5-9-23(29-17-19)26(34)31-22-8-4-3-7-21(22)28/h3-8,10-11,16-17H,9,12-15,18,28H2,1-2H3,(H,30,35)(H,31,34). The second-order valence-corrected chi connectivity index (χ2v) is 8.94. The fraction of sp³-hybridized carbons (Fsp3) is 0.296. The van der Waals surface area contributed by atoms with Crippen LogP contribution in [-0.2, 0) is 4.79 Å². The Balaban J connectivity index is 1.45. The fourth-order valence-electron chi connectivity index (χ4n) is 3.75. The second-order valence-electron chi connectivity index (χ2n) is 8.94. The number of ether oxygens (including phenoxy) is 2. The topological polar surface area (TPSA) is 122 Å². The quantitative estimate of drug-likeness (QED) is 0.474. The smallest absolute Gasteiger partial charge is 0.322 e. The van der Waals surface area contributed by atoms with Gasteiger partial charge in [-0.15, -0.1) is 0 Å². The molecule has 4 N–H and O–H groups in total. The van der Waals surface area contributed by atoms with Crippen molar-refractivity contribution in [2.24, 2.45) is 4.99 Å². The molecular weight excluding hydrogens is 472 g/mol. The third kappa shape index (κ3) is 7.11. The van der Waals surface area contributed by atoms with E-state index in [1.54, 1.807) is 53.6 Å². The molecule has 0 atom stereocenters. The number of amides is 3. The lowest BCUT2D eigenvalue weighted by Gasteiger charge is -2.25. The van der Waals surface area contributed by atoms with Gasteiger partial charge < -0.3 is 35.6 Å². The third-order valence-corrected chi connectivity index (χ3v) is 5.77. The molecule has 0 fully saturated rings. The number of hydrogen-bond acceptors (Lipinski definition) is 7. The Morgan fingerprint density at radius 2 is 1.81 bits per heavy atom. The van der Waals surface area contributed by atoms with Gasteiger partial charge in [0.25, 0.3) is 5.91 Å². The van der Waals surface area contributed by atoms with Crippen molar-refractivity contribution in [1.82, 2.24) is 9.80 Å². The number of nitrogens with two attached hydrogens (primary N) is 1. The Kier molecular flexibility index (Phi) is 8.42. The molecule has 0 saturated carbocycles. The minimum atomic E-state index is -0.319. The molecule has 2 heterocycles. The first-order valence-corrected chi connectivity index (χ1v) is 12.1. The number of urea groups is 1. The molecule has 2 aliphatic heterocycles. The van der Waals surface area contributed by atoms with Gasteiger partial charge in [-0.2, -0.15) is 0 Å². The number of hydrogen-bond donors (Lipinski definition) is 3. The lowest BCUT2D eigenvalue weighted by Crippen LogP contribution is -2.40. The number of nitrogens with one attached hydrogen (secondary N) is 2. The van der Waals surface area contributed by atoms with Crippen LogP contribution in [0, 0.1) is 0 Å². The summed E-state index contributed by atoms with van der Waals surface area (Å²) in [6.45, 7) is 2.48. The molecule has 10 nitrogen and oxygen atoms in total. The molecule has 37 heavy (non-hydrogen) atoms. The maximum atomic E-state index is 13.2. The highest BCUT2D eigenvalue weighted by molar-refractivity contribution is 6.43. The minimum absolute atomic E-state index is 0.251. The largest absolute Gasteiger partial charge is 0.486 e. The van der Waals surface area contributed by atoms with Gasteiger partial charge in [0.1, 0.15) is 18.9 Å². The zero-order valence-electron chi connectivity index (χ0n) is 21.1. The summed E-state index contributed by atoms with van der Waals surface area (Å²) in [5.41, 5.74) is 8.73. The molecule has 0 radical (unpaired) electrons. The molecule has 194 valence electrons. The van der Waals surface area contributed by atoms with E-state index in [0.29, 0.717) is 73.5 Å². The number of carbonyl (C=O) groups excluding carboxylic acids is 2. The fourth-order valence-corrected chi connectivity index (χ4v) is 3.75. The number of nitrogen functional groups attached to an aromatic ring is 1. The van der Waals surface area contributed by atoms with Crippen LogP contribution >= 0.6 is 0 Å². The number of anilines is 3. The normalized spacial score (nSPS) is 14.4. The van der Waals surface area contributed by atoms with Crippen LogP contribution in [0.25, 0.3) is 0 Å². The second kappa shape index (κ2) is 12.1. The summed E-state index contributed by atoms with van der Waals surface area (Å²) in [6.07, 6.45) is 5.75. The predicted octanol–water partition coefficient (Wildman–Crippen LogP) is 3.36. The maximum absolute atomic E-state index is 13.2. The van der Waals surface area contributed by atoms with E-state index in [1.807, 2.05) is 31.1 Å². The minimum Gasteiger partial charge on any atom is -0.486 e. The van der Waals surface area contributed by atoms with Crippen molar-refractivity contribution in [3.63, 3.8) is 0 Å². The summed E-state index contributed by atoms with van der Waals surface area (Å²) in [5, 5.41) is 5.76. The number of rotatable bonds is 8. The van der Waals surface area contributed by atoms with Crippen molar-refractivity contribution in [2.75, 3.05) is 63.3 Å². The van der Waals surface area contributed by atoms with Crippen LogP contribution in [-0.4, -0.2) is 74.4 Å². The number of allylic oxidation sites excluding steroid dienone is 1. The molecule has 2 aliphatic rings. The molecular formula is C27H32N6O4. The van der Waals surface area contributed by atoms with Gasteiger partial charge in [0, 0.05) is 44.0 Å². The number of likely N-dealkylation sites (N-methyl/N-ethyl adjacent to an activating group) is 1. The number of nitrogens with zero attached hydrogens (tertiary/aromatic N) is 3. The first-order valence-electron chi connectivity index (χ1n) is 12.1. The number of benzene rings is 2. The summed E-state index contributed by atoms with van der Waals surface area (Å²) >= 11 is 0. The van der Waals surface area contributed by atoms with Gasteiger partial charge in [-0.05, 0) is 43.9 Å². The van der Waals surface area contributed by atoms with Gasteiger partial charge >= 0.3 is 6.03 Å². The zero-order valence-corrected chi connectivity index (χ0v) is 21.1. The Morgan fingerprint density at radius 3 is 2.59 bits per heavy atom. The maximum Gasteiger partial charge on any atom is 0.322 e. The molecule has 10 heteroatoms. The third-order valence-electron chi connectivity index (χ3n) is 5.77. The van der Waals surface area contributed by atoms with E-state index in [1.165, 1.54) is 0 Å². The molecule has 0 unspecified atom stereocenters. The molecule has 0 aliphatic carbocycles. The predicted molar refractivity (Wildman–Crippen MR) is 145 cm³/mol. The average molecular weight is 505 g/mol. The molecule has 0 saturated heterocycles. The van der Waals surface area contributed by atoms with Crippen molar-refractivity contribution in [2.45, 2.75) is 6.42 Å². The number of aliphatic imine (C=N–C) groups is 1. The summed E-state index contributed by atoms with van der Waals surface area (Å²) in [6, 6.07) is 12.2. The van der Waals surface area contributed by atoms with Crippen molar-refractivity contribution >= 4 is 34.7 Å². The Bertz CT molecular complexity index is 1240. The average Bonchev–Trinajstić information content (AvgIpc) is 3.13. The van der Waals surface area contributed by atoms with Crippen LogP contribution in [0.4, 0.5) is 21.9 Å². The molecule has 2 aromatic carbocycles. The Morgan fingerprint density at radius 1 is 1.03 bits per heavy atom. The Hall–Kier alpha value is -4.31. The van der Waals surface area contributed by atoms with Crippen molar-refractivity contribution < 1.29 is 19.1 Å². The summed E-state index contributed by atoms with van der Waals surface area (Å²) in [5.74, 6) is 0.951. The molecule has 2 aromatic rings. The van der Waals surface area contributed by atoms with Gasteiger partial charge in [0.2, 0.25) is 0 Å². The lowest BCUT2D eigenvalue weighted by atomic mass is 10.2. The highest BCUT2D eigenvalue weighted by atomic mass is 16.6. The highest BCUT2D eigenvalue weighted by Crippen LogP contribution is 2.32. The monoisotopic (exact) mass is 504 g/mol. The van der Waals surface area contributed by atoms with Crippen molar-refractivity contribution in [1.29, 1.82) is 0 Å². The molecule has 0 bridgehead atoms. The van der Waals surface area contributed by atoms with E-state index >= 15 is 0 Å². The van der Waals surface area contributed by atoms with E-state index < -0.39 is 0 Å². The summed E-state index contributed by atoms with van der Waals surface area (Å²) in [7, 11) is 3.91. The number of para-hydroxylation sites is 2. The van der Waals surface area contributed by atoms with Crippen LogP contribution in [0.1, 0.15) is 6.42 Å². The number of fused-ring (bicyclic) bond motifs is 1. The molecule has 4 rings (SSSR count). The van der Waals surface area contributed by atoms with E-state index in [2.05, 4.69) is 15.6 Å². The van der Waals surface area contributed by atoms with Gasteiger partial charge in [0.05, 0.1) is 11.4 Å². The van der Waals surface area contributed by atoms with E-state index in [9.17, 15) is 9.59 Å². The highest BCUT2D eigenvalue weighted by Gasteiger charge is 2.19. The van der Waals surface area contributed by atoms with E-state index in [-0.39, 0.29) is 11.9 Å². The van der Waals surface area contributed by atoms with E-state index in [0.717, 1.165) is 5.57 Å². The SMILES string of the molecule is CN(C)CCN(CC1=CN=C(C(=O)Nc2ccccc2N)CC=C1)C(=O)Nc1ccc2c(c1)OCCO2. The van der Waals surface area contributed by atoms with E-state index in [4.69, 9.17) is 15.2 Å². The lowest BCUT2D eigenvalue weighted by molar-refractivity contribution is -0.110. The van der Waals surface area contributed by atoms with Crippen LogP contribution in [0.15, 0.2) is 71.4 Å². The molecule has 0 aromatic heterocycles. The zero-order chi connectivity index (χ0) is 26.2. The molecule has 3 amide bonds. The van der Waals surface area contributed by atoms with Gasteiger partial charge in [-0.25, -0.2) is 4.79 Å². The summed E-state index contributed by atoms with van der Waals surface area (Å²) in [4.78, 5) is 34.1. The summed E-state index contributed by atoms with van der Waals surface area (Å²) < 4.78 is 11.2. The van der Waals surface area contributed by atoms with Gasteiger partial charge in [0.15, 0.2) is 11.5 Å². The van der Waals surface area contributed by atoms with Crippen LogP contribution < -0.4 is 25.8 Å². The van der Waals surface area contributed by atoms with Crippen LogP contribution in [0.2, 0.25) is 0 Å². The number of carbonyl (C=O) groups is 2. The first-order chi connectivity index (χ1) is 17.9. The van der Waals surface area contributed by atoms with Gasteiger partial charge in [-0.1, -0.05) is 24.3 Å². The Labute approximate surface area is 216 Å².